The molecule has 2 aromatic carbocycles. The minimum absolute atomic E-state index is 0.230. The maximum absolute atomic E-state index is 10.5. The van der Waals surface area contributed by atoms with Crippen molar-refractivity contribution in [2.75, 3.05) is 6.61 Å². The summed E-state index contributed by atoms with van der Waals surface area (Å²) in [5.74, 6) is 1.10. The van der Waals surface area contributed by atoms with Crippen LogP contribution >= 0.6 is 0 Å². The number of hydrogen-bond acceptors (Lipinski definition) is 2. The molecule has 2 nitrogen and oxygen atoms in total. The zero-order valence-electron chi connectivity index (χ0n) is 11.8. The number of rotatable bonds is 5. The van der Waals surface area contributed by atoms with Gasteiger partial charge in [0.25, 0.3) is 0 Å². The Morgan fingerprint density at radius 3 is 2.60 bits per heavy atom. The van der Waals surface area contributed by atoms with Gasteiger partial charge in [-0.2, -0.15) is 0 Å². The molecule has 104 valence electrons. The van der Waals surface area contributed by atoms with Gasteiger partial charge in [0.1, 0.15) is 5.75 Å². The number of aliphatic hydroxyl groups is 1. The summed E-state index contributed by atoms with van der Waals surface area (Å²) in [6.07, 6.45) is 1.54. The van der Waals surface area contributed by atoms with Crippen molar-refractivity contribution in [1.82, 2.24) is 0 Å². The second-order valence-corrected chi connectivity index (χ2v) is 5.37. The Hall–Kier alpha value is -1.80. The number of ether oxygens (including phenoxy) is 1. The lowest BCUT2D eigenvalue weighted by molar-refractivity contribution is 0.134. The zero-order chi connectivity index (χ0) is 13.9. The fourth-order valence-electron chi connectivity index (χ4n) is 2.79. The molecule has 0 saturated heterocycles. The first-order valence-electron chi connectivity index (χ1n) is 7.28. The molecule has 0 bridgehead atoms. The summed E-state index contributed by atoms with van der Waals surface area (Å²) in [4.78, 5) is 0. The molecule has 0 heterocycles. The lowest BCUT2D eigenvalue weighted by Crippen LogP contribution is -2.23. The van der Waals surface area contributed by atoms with Crippen molar-refractivity contribution < 1.29 is 9.84 Å². The summed E-state index contributed by atoms with van der Waals surface area (Å²) in [5, 5.41) is 10.5. The van der Waals surface area contributed by atoms with E-state index in [2.05, 4.69) is 25.1 Å². The van der Waals surface area contributed by atoms with Gasteiger partial charge in [0.15, 0.2) is 0 Å². The van der Waals surface area contributed by atoms with Gasteiger partial charge in [-0.1, -0.05) is 43.3 Å². The van der Waals surface area contributed by atoms with Crippen molar-refractivity contribution in [3.05, 3.63) is 65.2 Å². The van der Waals surface area contributed by atoms with Crippen LogP contribution in [-0.2, 0) is 6.42 Å². The molecule has 1 aliphatic rings. The van der Waals surface area contributed by atoms with Crippen LogP contribution in [0.3, 0.4) is 0 Å². The Kier molecular flexibility index (Phi) is 3.75. The highest BCUT2D eigenvalue weighted by Gasteiger charge is 2.32. The third-order valence-electron chi connectivity index (χ3n) is 3.97. The predicted molar refractivity (Wildman–Crippen MR) is 80.1 cm³/mol. The third kappa shape index (κ3) is 2.44. The van der Waals surface area contributed by atoms with E-state index in [1.165, 1.54) is 11.1 Å². The molecular weight excluding hydrogens is 248 g/mol. The number of aliphatic hydroxyl groups excluding tert-OH is 1. The summed E-state index contributed by atoms with van der Waals surface area (Å²) < 4.78 is 5.57. The number of fused-ring (bicyclic) bond motifs is 1. The van der Waals surface area contributed by atoms with Gasteiger partial charge in [0.05, 0.1) is 12.7 Å². The summed E-state index contributed by atoms with van der Waals surface area (Å²) in [5.41, 5.74) is 3.61. The standard InChI is InChI=1S/C18H20O2/c1-2-11-20-15-9-7-13(8-10-15)18(19)17-12-14-5-3-4-6-16(14)17/h3-10,17-19H,2,11-12H2,1H3. The lowest BCUT2D eigenvalue weighted by Gasteiger charge is -2.34. The van der Waals surface area contributed by atoms with Gasteiger partial charge < -0.3 is 9.84 Å². The van der Waals surface area contributed by atoms with Crippen molar-refractivity contribution in [2.45, 2.75) is 31.8 Å². The molecular formula is C18H20O2. The topological polar surface area (TPSA) is 29.5 Å². The van der Waals surface area contributed by atoms with Crippen LogP contribution in [0.2, 0.25) is 0 Å². The molecule has 0 saturated carbocycles. The van der Waals surface area contributed by atoms with Crippen molar-refractivity contribution in [1.29, 1.82) is 0 Å². The highest BCUT2D eigenvalue weighted by atomic mass is 16.5. The number of hydrogen-bond donors (Lipinski definition) is 1. The molecule has 0 radical (unpaired) electrons. The Balaban J connectivity index is 1.71. The second-order valence-electron chi connectivity index (χ2n) is 5.37. The van der Waals surface area contributed by atoms with E-state index in [0.29, 0.717) is 0 Å². The maximum atomic E-state index is 10.5. The zero-order valence-corrected chi connectivity index (χ0v) is 11.8. The van der Waals surface area contributed by atoms with E-state index in [-0.39, 0.29) is 5.92 Å². The molecule has 0 fully saturated rings. The van der Waals surface area contributed by atoms with Crippen molar-refractivity contribution in [2.24, 2.45) is 0 Å². The van der Waals surface area contributed by atoms with Crippen LogP contribution in [0.25, 0.3) is 0 Å². The van der Waals surface area contributed by atoms with Crippen molar-refractivity contribution in [3.63, 3.8) is 0 Å². The average molecular weight is 268 g/mol. The van der Waals surface area contributed by atoms with E-state index in [1.54, 1.807) is 0 Å². The van der Waals surface area contributed by atoms with Crippen molar-refractivity contribution >= 4 is 0 Å². The van der Waals surface area contributed by atoms with Crippen molar-refractivity contribution in [3.8, 4) is 5.75 Å². The number of benzene rings is 2. The molecule has 2 heteroatoms. The van der Waals surface area contributed by atoms with Gasteiger partial charge in [0, 0.05) is 5.92 Å². The largest absolute Gasteiger partial charge is 0.494 e. The van der Waals surface area contributed by atoms with Crippen LogP contribution in [-0.4, -0.2) is 11.7 Å². The highest BCUT2D eigenvalue weighted by molar-refractivity contribution is 5.43. The Morgan fingerprint density at radius 2 is 1.90 bits per heavy atom. The smallest absolute Gasteiger partial charge is 0.119 e. The SMILES string of the molecule is CCCOc1ccc(C(O)C2Cc3ccccc32)cc1. The monoisotopic (exact) mass is 268 g/mol. The Bertz CT molecular complexity index is 574. The molecule has 0 spiro atoms. The van der Waals surface area contributed by atoms with Crippen LogP contribution in [0.4, 0.5) is 0 Å². The van der Waals surface area contributed by atoms with Crippen LogP contribution < -0.4 is 4.74 Å². The van der Waals surface area contributed by atoms with Gasteiger partial charge in [-0.05, 0) is 41.7 Å². The molecule has 0 aliphatic heterocycles. The quantitative estimate of drug-likeness (QED) is 0.892. The maximum Gasteiger partial charge on any atom is 0.119 e. The minimum Gasteiger partial charge on any atom is -0.494 e. The summed E-state index contributed by atoms with van der Waals surface area (Å²) in [6, 6.07) is 16.2. The van der Waals surface area contributed by atoms with Gasteiger partial charge in [0.2, 0.25) is 0 Å². The fraction of sp³-hybridized carbons (Fsp3) is 0.333. The van der Waals surface area contributed by atoms with Gasteiger partial charge in [-0.3, -0.25) is 0 Å². The van der Waals surface area contributed by atoms with E-state index in [0.717, 1.165) is 30.8 Å². The first-order valence-corrected chi connectivity index (χ1v) is 7.28. The molecule has 1 aliphatic carbocycles. The predicted octanol–water partition coefficient (Wildman–Crippen LogP) is 3.85. The van der Waals surface area contributed by atoms with E-state index in [1.807, 2.05) is 30.3 Å². The molecule has 20 heavy (non-hydrogen) atoms. The molecule has 0 amide bonds. The van der Waals surface area contributed by atoms with Crippen LogP contribution in [0.5, 0.6) is 5.75 Å². The fourth-order valence-corrected chi connectivity index (χ4v) is 2.79. The highest BCUT2D eigenvalue weighted by Crippen LogP contribution is 2.43. The Labute approximate surface area is 120 Å². The summed E-state index contributed by atoms with van der Waals surface area (Å²) in [6.45, 7) is 2.82. The van der Waals surface area contributed by atoms with Crippen LogP contribution in [0.1, 0.15) is 42.1 Å². The third-order valence-corrected chi connectivity index (χ3v) is 3.97. The first kappa shape index (κ1) is 13.2. The molecule has 2 atom stereocenters. The molecule has 1 N–H and O–H groups in total. The van der Waals surface area contributed by atoms with Crippen LogP contribution in [0.15, 0.2) is 48.5 Å². The van der Waals surface area contributed by atoms with E-state index in [9.17, 15) is 5.11 Å². The second kappa shape index (κ2) is 5.68. The minimum atomic E-state index is -0.426. The van der Waals surface area contributed by atoms with Crippen LogP contribution in [0, 0.1) is 0 Å². The van der Waals surface area contributed by atoms with Gasteiger partial charge in [-0.15, -0.1) is 0 Å². The summed E-state index contributed by atoms with van der Waals surface area (Å²) >= 11 is 0. The molecule has 0 aromatic heterocycles. The lowest BCUT2D eigenvalue weighted by atomic mass is 9.73. The van der Waals surface area contributed by atoms with E-state index >= 15 is 0 Å². The first-order chi connectivity index (χ1) is 9.79. The normalized spacial score (nSPS) is 18.0. The summed E-state index contributed by atoms with van der Waals surface area (Å²) in [7, 11) is 0. The molecule has 2 aromatic rings. The van der Waals surface area contributed by atoms with Gasteiger partial charge >= 0.3 is 0 Å². The van der Waals surface area contributed by atoms with Gasteiger partial charge in [-0.25, -0.2) is 0 Å². The molecule has 3 rings (SSSR count). The average Bonchev–Trinajstić information content (AvgIpc) is 2.47. The van der Waals surface area contributed by atoms with E-state index < -0.39 is 6.10 Å². The van der Waals surface area contributed by atoms with E-state index in [4.69, 9.17) is 4.74 Å². The Morgan fingerprint density at radius 1 is 1.15 bits per heavy atom. The molecule has 2 unspecified atom stereocenters.